The van der Waals surface area contributed by atoms with E-state index in [1.807, 2.05) is 0 Å². The van der Waals surface area contributed by atoms with Gasteiger partial charge in [0.15, 0.2) is 6.61 Å². The maximum atomic E-state index is 12.2. The number of benzene rings is 2. The number of fused-ring (bicyclic) bond motifs is 1. The van der Waals surface area contributed by atoms with Gasteiger partial charge in [-0.3, -0.25) is 25.0 Å². The van der Waals surface area contributed by atoms with Crippen molar-refractivity contribution in [3.63, 3.8) is 0 Å². The molecule has 2 aromatic rings. The summed E-state index contributed by atoms with van der Waals surface area (Å²) in [6, 6.07) is 6.67. The topological polar surface area (TPSA) is 151 Å². The molecule has 0 unspecified atom stereocenters. The molecule has 11 heteroatoms. The highest BCUT2D eigenvalue weighted by Crippen LogP contribution is 2.32. The Labute approximate surface area is 144 Å². The number of rotatable bonds is 4. The van der Waals surface area contributed by atoms with Crippen LogP contribution in [0.1, 0.15) is 10.4 Å². The van der Waals surface area contributed by atoms with Crippen LogP contribution in [0.2, 0.25) is 0 Å². The van der Waals surface area contributed by atoms with Crippen molar-refractivity contribution < 1.29 is 28.9 Å². The molecular formula is C15H9N3O8. The van der Waals surface area contributed by atoms with Crippen molar-refractivity contribution >= 4 is 28.9 Å². The number of anilines is 1. The standard InChI is InChI=1S/C15H9N3O8/c19-14-7-25-13-2-1-11(6-12(13)16-14)26-15(20)8-3-9(17(21)22)5-10(4-8)18(23)24/h1-6H,7H2,(H,16,19). The van der Waals surface area contributed by atoms with Crippen molar-refractivity contribution in [3.05, 3.63) is 62.2 Å². The van der Waals surface area contributed by atoms with Gasteiger partial charge in [0, 0.05) is 18.2 Å². The second-order valence-electron chi connectivity index (χ2n) is 5.14. The van der Waals surface area contributed by atoms with Crippen LogP contribution in [-0.4, -0.2) is 28.3 Å². The van der Waals surface area contributed by atoms with E-state index in [0.717, 1.165) is 18.2 Å². The number of hydrogen-bond donors (Lipinski definition) is 1. The zero-order valence-corrected chi connectivity index (χ0v) is 12.8. The van der Waals surface area contributed by atoms with Crippen molar-refractivity contribution in [1.82, 2.24) is 0 Å². The average Bonchev–Trinajstić information content (AvgIpc) is 2.60. The van der Waals surface area contributed by atoms with Crippen molar-refractivity contribution in [3.8, 4) is 11.5 Å². The molecule has 2 aromatic carbocycles. The van der Waals surface area contributed by atoms with Crippen molar-refractivity contribution in [2.24, 2.45) is 0 Å². The zero-order valence-electron chi connectivity index (χ0n) is 12.8. The smallest absolute Gasteiger partial charge is 0.344 e. The van der Waals surface area contributed by atoms with Crippen LogP contribution < -0.4 is 14.8 Å². The summed E-state index contributed by atoms with van der Waals surface area (Å²) in [5.41, 5.74) is -1.30. The van der Waals surface area contributed by atoms with Gasteiger partial charge in [0.1, 0.15) is 11.5 Å². The summed E-state index contributed by atoms with van der Waals surface area (Å²) in [6.07, 6.45) is 0. The molecule has 0 spiro atoms. The summed E-state index contributed by atoms with van der Waals surface area (Å²) in [6.45, 7) is -0.135. The molecule has 1 aliphatic rings. The lowest BCUT2D eigenvalue weighted by atomic mass is 10.1. The second kappa shape index (κ2) is 6.47. The van der Waals surface area contributed by atoms with E-state index in [2.05, 4.69) is 5.32 Å². The van der Waals surface area contributed by atoms with Gasteiger partial charge in [0.05, 0.1) is 27.2 Å². The van der Waals surface area contributed by atoms with Crippen LogP contribution in [0.4, 0.5) is 17.1 Å². The van der Waals surface area contributed by atoms with Crippen LogP contribution in [-0.2, 0) is 4.79 Å². The first kappa shape index (κ1) is 16.8. The normalized spacial score (nSPS) is 12.4. The van der Waals surface area contributed by atoms with E-state index in [4.69, 9.17) is 9.47 Å². The van der Waals surface area contributed by atoms with Gasteiger partial charge in [0.25, 0.3) is 17.3 Å². The van der Waals surface area contributed by atoms with Crippen LogP contribution in [0.25, 0.3) is 0 Å². The third-order valence-corrected chi connectivity index (χ3v) is 3.35. The van der Waals surface area contributed by atoms with Gasteiger partial charge in [-0.2, -0.15) is 0 Å². The van der Waals surface area contributed by atoms with Crippen molar-refractivity contribution in [2.75, 3.05) is 11.9 Å². The molecule has 0 aromatic heterocycles. The first-order valence-corrected chi connectivity index (χ1v) is 7.06. The molecule has 1 N–H and O–H groups in total. The SMILES string of the molecule is O=C1COc2ccc(OC(=O)c3cc([N+](=O)[O-])cc([N+](=O)[O-])c3)cc2N1. The van der Waals surface area contributed by atoms with Crippen molar-refractivity contribution in [1.29, 1.82) is 0 Å². The quantitative estimate of drug-likeness (QED) is 0.377. The van der Waals surface area contributed by atoms with E-state index >= 15 is 0 Å². The predicted octanol–water partition coefficient (Wildman–Crippen LogP) is 2.05. The average molecular weight is 359 g/mol. The van der Waals surface area contributed by atoms with Gasteiger partial charge >= 0.3 is 5.97 Å². The highest BCUT2D eigenvalue weighted by atomic mass is 16.6. The van der Waals surface area contributed by atoms with E-state index in [9.17, 15) is 29.8 Å². The Morgan fingerprint density at radius 2 is 1.73 bits per heavy atom. The van der Waals surface area contributed by atoms with Crippen LogP contribution >= 0.6 is 0 Å². The summed E-state index contributed by atoms with van der Waals surface area (Å²) in [7, 11) is 0. The molecular weight excluding hydrogens is 350 g/mol. The van der Waals surface area contributed by atoms with Crippen LogP contribution in [0.15, 0.2) is 36.4 Å². The predicted molar refractivity (Wildman–Crippen MR) is 85.3 cm³/mol. The van der Waals surface area contributed by atoms with Crippen LogP contribution in [0, 0.1) is 20.2 Å². The lowest BCUT2D eigenvalue weighted by Gasteiger charge is -2.18. The molecule has 132 valence electrons. The first-order chi connectivity index (χ1) is 12.3. The van der Waals surface area contributed by atoms with Gasteiger partial charge in [0.2, 0.25) is 0 Å². The summed E-state index contributed by atoms with van der Waals surface area (Å²) in [5, 5.41) is 24.3. The first-order valence-electron chi connectivity index (χ1n) is 7.06. The van der Waals surface area contributed by atoms with E-state index in [0.29, 0.717) is 5.75 Å². The summed E-state index contributed by atoms with van der Waals surface area (Å²) in [4.78, 5) is 43.6. The lowest BCUT2D eigenvalue weighted by Crippen LogP contribution is -2.25. The number of hydrogen-bond acceptors (Lipinski definition) is 8. The molecule has 11 nitrogen and oxygen atoms in total. The summed E-state index contributed by atoms with van der Waals surface area (Å²) < 4.78 is 10.2. The van der Waals surface area contributed by atoms with E-state index < -0.39 is 27.2 Å². The Bertz CT molecular complexity index is 924. The molecule has 26 heavy (non-hydrogen) atoms. The Kier molecular flexibility index (Phi) is 4.19. The highest BCUT2D eigenvalue weighted by molar-refractivity contribution is 5.96. The Morgan fingerprint density at radius 1 is 1.08 bits per heavy atom. The lowest BCUT2D eigenvalue weighted by molar-refractivity contribution is -0.394. The number of nitro groups is 2. The number of non-ortho nitro benzene ring substituents is 2. The van der Waals surface area contributed by atoms with Crippen molar-refractivity contribution in [2.45, 2.75) is 0 Å². The number of carbonyl (C=O) groups excluding carboxylic acids is 2. The molecule has 3 rings (SSSR count). The largest absolute Gasteiger partial charge is 0.482 e. The Balaban J connectivity index is 1.88. The third kappa shape index (κ3) is 3.40. The second-order valence-corrected chi connectivity index (χ2v) is 5.14. The van der Waals surface area contributed by atoms with Crippen LogP contribution in [0.3, 0.4) is 0 Å². The van der Waals surface area contributed by atoms with Gasteiger partial charge in [-0.05, 0) is 12.1 Å². The fourth-order valence-electron chi connectivity index (χ4n) is 2.22. The maximum absolute atomic E-state index is 12.2. The molecule has 0 saturated heterocycles. The molecule has 1 heterocycles. The number of amides is 1. The number of nitrogens with one attached hydrogen (secondary N) is 1. The Hall–Kier alpha value is -4.02. The molecule has 0 aliphatic carbocycles. The molecule has 1 amide bonds. The number of nitro benzene ring substituents is 2. The van der Waals surface area contributed by atoms with Gasteiger partial charge < -0.3 is 14.8 Å². The summed E-state index contributed by atoms with van der Waals surface area (Å²) >= 11 is 0. The van der Waals surface area contributed by atoms with E-state index in [-0.39, 0.29) is 29.5 Å². The minimum absolute atomic E-state index is 0.0220. The monoisotopic (exact) mass is 359 g/mol. The number of esters is 1. The van der Waals surface area contributed by atoms with Crippen LogP contribution in [0.5, 0.6) is 11.5 Å². The molecule has 1 aliphatic heterocycles. The third-order valence-electron chi connectivity index (χ3n) is 3.35. The molecule has 0 saturated carbocycles. The van der Waals surface area contributed by atoms with Gasteiger partial charge in [-0.15, -0.1) is 0 Å². The zero-order chi connectivity index (χ0) is 18.8. The molecule has 0 radical (unpaired) electrons. The molecule has 0 fully saturated rings. The number of carbonyl (C=O) groups is 2. The Morgan fingerprint density at radius 3 is 2.35 bits per heavy atom. The van der Waals surface area contributed by atoms with Gasteiger partial charge in [-0.1, -0.05) is 0 Å². The minimum Gasteiger partial charge on any atom is -0.482 e. The van der Waals surface area contributed by atoms with E-state index in [1.165, 1.54) is 18.2 Å². The maximum Gasteiger partial charge on any atom is 0.344 e. The number of nitrogens with zero attached hydrogens (tertiary/aromatic N) is 2. The molecule has 0 atom stereocenters. The van der Waals surface area contributed by atoms with E-state index in [1.54, 1.807) is 0 Å². The highest BCUT2D eigenvalue weighted by Gasteiger charge is 2.22. The van der Waals surface area contributed by atoms with Gasteiger partial charge in [-0.25, -0.2) is 4.79 Å². The fraction of sp³-hybridized carbons (Fsp3) is 0.0667. The minimum atomic E-state index is -1.03. The molecule has 0 bridgehead atoms. The fourth-order valence-corrected chi connectivity index (χ4v) is 2.22. The summed E-state index contributed by atoms with van der Waals surface area (Å²) in [5.74, 6) is -1.00. The number of ether oxygens (including phenoxy) is 2.